The Hall–Kier alpha value is 0.0538. The van der Waals surface area contributed by atoms with Crippen LogP contribution in [0.3, 0.4) is 0 Å². The molecule has 3 nitrogen and oxygen atoms in total. The Kier molecular flexibility index (Phi) is 13.1. The topological polar surface area (TPSA) is 38.7 Å². The van der Waals surface area contributed by atoms with Gasteiger partial charge in [-0.3, -0.25) is 0 Å². The van der Waals surface area contributed by atoms with Gasteiger partial charge in [0.2, 0.25) is 8.32 Å². The Morgan fingerprint density at radius 1 is 0.677 bits per heavy atom. The van der Waals surface area contributed by atoms with Crippen molar-refractivity contribution >= 4 is 16.6 Å². The first kappa shape index (κ1) is 31.1. The van der Waals surface area contributed by atoms with Crippen LogP contribution in [0.15, 0.2) is 12.7 Å². The molecule has 0 aromatic carbocycles. The summed E-state index contributed by atoms with van der Waals surface area (Å²) in [5, 5.41) is 11.2. The predicted molar refractivity (Wildman–Crippen MR) is 143 cm³/mol. The van der Waals surface area contributed by atoms with Crippen LogP contribution in [0.25, 0.3) is 0 Å². The molecule has 0 unspecified atom stereocenters. The summed E-state index contributed by atoms with van der Waals surface area (Å²) in [7, 11) is -4.04. The van der Waals surface area contributed by atoms with Gasteiger partial charge in [0.25, 0.3) is 0 Å². The maximum atomic E-state index is 11.2. The van der Waals surface area contributed by atoms with Crippen LogP contribution in [0.2, 0.25) is 33.2 Å². The van der Waals surface area contributed by atoms with Gasteiger partial charge in [0.15, 0.2) is 8.32 Å². The molecule has 0 fully saturated rings. The number of aliphatic hydroxyl groups excluding tert-OH is 1. The Balaban J connectivity index is 5.73. The minimum absolute atomic E-state index is 0.000637. The third-order valence-electron chi connectivity index (χ3n) is 7.87. The lowest BCUT2D eigenvalue weighted by molar-refractivity contribution is -0.000993. The first-order valence-corrected chi connectivity index (χ1v) is 17.0. The lowest BCUT2D eigenvalue weighted by Crippen LogP contribution is -2.53. The molecule has 1 N–H and O–H groups in total. The summed E-state index contributed by atoms with van der Waals surface area (Å²) < 4.78 is 13.8. The van der Waals surface area contributed by atoms with Gasteiger partial charge >= 0.3 is 0 Å². The molecule has 0 spiro atoms. The van der Waals surface area contributed by atoms with Gasteiger partial charge < -0.3 is 14.0 Å². The molecule has 0 radical (unpaired) electrons. The molecule has 0 aromatic heterocycles. The van der Waals surface area contributed by atoms with E-state index in [2.05, 4.69) is 96.6 Å². The quantitative estimate of drug-likeness (QED) is 0.192. The normalized spacial score (nSPS) is 16.8. The van der Waals surface area contributed by atoms with E-state index in [-0.39, 0.29) is 12.0 Å². The van der Waals surface area contributed by atoms with Crippen molar-refractivity contribution in [3.8, 4) is 0 Å². The minimum atomic E-state index is -2.04. The average Bonchev–Trinajstić information content (AvgIpc) is 2.62. The summed E-state index contributed by atoms with van der Waals surface area (Å²) in [6.07, 6.45) is 2.15. The van der Waals surface area contributed by atoms with Crippen LogP contribution in [0.4, 0.5) is 0 Å². The van der Waals surface area contributed by atoms with Gasteiger partial charge in [-0.25, -0.2) is 0 Å². The van der Waals surface area contributed by atoms with E-state index < -0.39 is 22.7 Å². The van der Waals surface area contributed by atoms with Crippen LogP contribution in [0.5, 0.6) is 0 Å². The second kappa shape index (κ2) is 13.1. The zero-order valence-electron chi connectivity index (χ0n) is 23.2. The summed E-state index contributed by atoms with van der Waals surface area (Å²) in [5.74, 6) is -0.000637. The maximum Gasteiger partial charge on any atom is 0.200 e. The smallest absolute Gasteiger partial charge is 0.200 e. The van der Waals surface area contributed by atoms with E-state index >= 15 is 0 Å². The average molecular weight is 473 g/mol. The lowest BCUT2D eigenvalue weighted by Gasteiger charge is -2.47. The van der Waals surface area contributed by atoms with Crippen molar-refractivity contribution in [3.05, 3.63) is 12.7 Å². The Morgan fingerprint density at radius 2 is 1.03 bits per heavy atom. The third kappa shape index (κ3) is 7.02. The Labute approximate surface area is 197 Å². The highest BCUT2D eigenvalue weighted by Gasteiger charge is 2.48. The summed E-state index contributed by atoms with van der Waals surface area (Å²) in [5.41, 5.74) is 3.09. The van der Waals surface area contributed by atoms with Crippen LogP contribution in [0.1, 0.15) is 96.4 Å². The molecule has 186 valence electrons. The highest BCUT2D eigenvalue weighted by molar-refractivity contribution is 6.78. The van der Waals surface area contributed by atoms with Crippen molar-refractivity contribution in [1.82, 2.24) is 0 Å². The second-order valence-corrected chi connectivity index (χ2v) is 22.4. The van der Waals surface area contributed by atoms with Crippen molar-refractivity contribution in [2.45, 2.75) is 142 Å². The zero-order valence-corrected chi connectivity index (χ0v) is 25.2. The van der Waals surface area contributed by atoms with Gasteiger partial charge in [-0.05, 0) is 39.7 Å². The zero-order chi connectivity index (χ0) is 24.7. The monoisotopic (exact) mass is 472 g/mol. The molecule has 0 aliphatic carbocycles. The molecular formula is C26H56O3Si2. The van der Waals surface area contributed by atoms with Gasteiger partial charge in [0.05, 0.1) is 18.8 Å². The number of rotatable bonds is 15. The fourth-order valence-corrected chi connectivity index (χ4v) is 17.4. The molecule has 0 rings (SSSR count). The van der Waals surface area contributed by atoms with E-state index in [9.17, 15) is 5.11 Å². The van der Waals surface area contributed by atoms with E-state index in [0.29, 0.717) is 39.9 Å². The van der Waals surface area contributed by atoms with Crippen LogP contribution in [0, 0.1) is 5.92 Å². The van der Waals surface area contributed by atoms with E-state index in [4.69, 9.17) is 8.85 Å². The second-order valence-electron chi connectivity index (χ2n) is 11.6. The molecule has 0 bridgehead atoms. The van der Waals surface area contributed by atoms with Crippen LogP contribution in [-0.2, 0) is 8.85 Å². The summed E-state index contributed by atoms with van der Waals surface area (Å²) in [4.78, 5) is 0. The summed E-state index contributed by atoms with van der Waals surface area (Å²) >= 11 is 0. The molecule has 3 atom stereocenters. The van der Waals surface area contributed by atoms with Crippen LogP contribution < -0.4 is 0 Å². The largest absolute Gasteiger partial charge is 0.413 e. The summed E-state index contributed by atoms with van der Waals surface area (Å²) in [6, 6.07) is 0. The lowest BCUT2D eigenvalue weighted by atomic mass is 9.96. The molecular weight excluding hydrogens is 416 g/mol. The number of hydrogen-bond donors (Lipinski definition) is 1. The Bertz CT molecular complexity index is 471. The standard InChI is InChI=1S/C26H56O3Si2/c1-15-16-26(29-31(21(8)9,22(10)11)23(12)13)24(14)25(27)17-28-30(18(2)3,19(4)5)20(6)7/h15,18-27H,1,16-17H2,2-14H3/t24-,25-,26-/m0/s1. The molecule has 0 heterocycles. The van der Waals surface area contributed by atoms with Crippen LogP contribution >= 0.6 is 0 Å². The van der Waals surface area contributed by atoms with E-state index in [1.807, 2.05) is 6.08 Å². The molecule has 0 saturated carbocycles. The molecule has 31 heavy (non-hydrogen) atoms. The number of hydrogen-bond acceptors (Lipinski definition) is 3. The van der Waals surface area contributed by atoms with Gasteiger partial charge in [-0.15, -0.1) is 6.58 Å². The number of aliphatic hydroxyl groups is 1. The third-order valence-corrected chi connectivity index (χ3v) is 20.1. The predicted octanol–water partition coefficient (Wildman–Crippen LogP) is 8.31. The Morgan fingerprint density at radius 3 is 1.32 bits per heavy atom. The van der Waals surface area contributed by atoms with Crippen molar-refractivity contribution in [2.75, 3.05) is 6.61 Å². The molecule has 0 aliphatic heterocycles. The van der Waals surface area contributed by atoms with Crippen molar-refractivity contribution < 1.29 is 14.0 Å². The fourth-order valence-electron chi connectivity index (χ4n) is 6.33. The van der Waals surface area contributed by atoms with Gasteiger partial charge in [0, 0.05) is 5.92 Å². The van der Waals surface area contributed by atoms with Crippen molar-refractivity contribution in [2.24, 2.45) is 5.92 Å². The van der Waals surface area contributed by atoms with Crippen molar-refractivity contribution in [1.29, 1.82) is 0 Å². The highest BCUT2D eigenvalue weighted by Crippen LogP contribution is 2.45. The maximum absolute atomic E-state index is 11.2. The van der Waals surface area contributed by atoms with Crippen LogP contribution in [-0.4, -0.2) is 40.6 Å². The fraction of sp³-hybridized carbons (Fsp3) is 0.923. The summed E-state index contributed by atoms with van der Waals surface area (Å²) in [6.45, 7) is 34.2. The van der Waals surface area contributed by atoms with E-state index in [1.165, 1.54) is 0 Å². The molecule has 5 heteroatoms. The van der Waals surface area contributed by atoms with E-state index in [0.717, 1.165) is 6.42 Å². The van der Waals surface area contributed by atoms with Gasteiger partial charge in [-0.1, -0.05) is 96.1 Å². The van der Waals surface area contributed by atoms with Gasteiger partial charge in [0.1, 0.15) is 0 Å². The molecule has 0 saturated heterocycles. The van der Waals surface area contributed by atoms with E-state index in [1.54, 1.807) is 0 Å². The molecule has 0 amide bonds. The minimum Gasteiger partial charge on any atom is -0.413 e. The SMILES string of the molecule is C=CC[C@H](O[Si](C(C)C)(C(C)C)C(C)C)[C@@H](C)[C@@H](O)CO[Si](C(C)C)(C(C)C)C(C)C. The molecule has 0 aromatic rings. The first-order valence-electron chi connectivity index (χ1n) is 12.7. The van der Waals surface area contributed by atoms with Gasteiger partial charge in [-0.2, -0.15) is 0 Å². The highest BCUT2D eigenvalue weighted by atomic mass is 28.4. The molecule has 0 aliphatic rings. The van der Waals surface area contributed by atoms with Crippen molar-refractivity contribution in [3.63, 3.8) is 0 Å². The first-order chi connectivity index (χ1) is 14.1.